The fraction of sp³-hybridized carbons (Fsp3) is 0.444. The van der Waals surface area contributed by atoms with E-state index in [0.29, 0.717) is 24.5 Å². The number of allylic oxidation sites excluding steroid dienone is 1. The number of nitrogen functional groups attached to an aromatic ring is 1. The van der Waals surface area contributed by atoms with Crippen LogP contribution in [0.2, 0.25) is 0 Å². The lowest BCUT2D eigenvalue weighted by atomic mass is 9.85. The van der Waals surface area contributed by atoms with Crippen molar-refractivity contribution in [3.63, 3.8) is 0 Å². The summed E-state index contributed by atoms with van der Waals surface area (Å²) >= 11 is 0. The number of benzene rings is 1. The van der Waals surface area contributed by atoms with Crippen molar-refractivity contribution in [2.24, 2.45) is 22.2 Å². The first-order chi connectivity index (χ1) is 16.9. The van der Waals surface area contributed by atoms with Crippen LogP contribution in [0.3, 0.4) is 0 Å². The number of aromatic nitrogens is 1. The Labute approximate surface area is 208 Å². The van der Waals surface area contributed by atoms with E-state index in [-0.39, 0.29) is 11.3 Å². The Kier molecular flexibility index (Phi) is 9.25. The number of nitrogens with two attached hydrogens (primary N) is 2. The van der Waals surface area contributed by atoms with Crippen LogP contribution in [-0.2, 0) is 12.8 Å². The van der Waals surface area contributed by atoms with Crippen molar-refractivity contribution in [1.82, 2.24) is 10.3 Å². The van der Waals surface area contributed by atoms with Crippen molar-refractivity contribution < 1.29 is 9.53 Å². The third kappa shape index (κ3) is 7.05. The second-order valence-electron chi connectivity index (χ2n) is 9.72. The summed E-state index contributed by atoms with van der Waals surface area (Å²) in [6.07, 6.45) is 10.1. The average Bonchev–Trinajstić information content (AvgIpc) is 2.87. The molecule has 35 heavy (non-hydrogen) atoms. The Bertz CT molecular complexity index is 1050. The fourth-order valence-corrected chi connectivity index (χ4v) is 4.44. The summed E-state index contributed by atoms with van der Waals surface area (Å²) in [5.74, 6) is 12.2. The number of nitrogens with zero attached hydrogens (tertiary/aromatic N) is 2. The molecule has 1 aliphatic carbocycles. The Hall–Kier alpha value is -3.39. The van der Waals surface area contributed by atoms with Crippen LogP contribution >= 0.6 is 0 Å². The number of hydrazine groups is 1. The van der Waals surface area contributed by atoms with Gasteiger partial charge in [-0.2, -0.15) is 5.10 Å². The normalized spacial score (nSPS) is 14.3. The number of nitrogens with one attached hydrogen (secondary N) is 2. The lowest BCUT2D eigenvalue weighted by Crippen LogP contribution is -2.34. The van der Waals surface area contributed by atoms with Crippen LogP contribution in [0, 0.1) is 5.41 Å². The van der Waals surface area contributed by atoms with Crippen LogP contribution in [0.15, 0.2) is 48.2 Å². The van der Waals surface area contributed by atoms with E-state index in [0.717, 1.165) is 62.0 Å². The van der Waals surface area contributed by atoms with E-state index in [4.69, 9.17) is 16.4 Å². The first-order valence-corrected chi connectivity index (χ1v) is 12.2. The molecule has 1 aliphatic rings. The summed E-state index contributed by atoms with van der Waals surface area (Å²) < 4.78 is 6.20. The summed E-state index contributed by atoms with van der Waals surface area (Å²) in [6, 6.07) is 7.50. The number of carbonyl (C=O) groups excluding carboxylic acids is 1. The van der Waals surface area contributed by atoms with E-state index in [2.05, 4.69) is 47.3 Å². The van der Waals surface area contributed by atoms with Gasteiger partial charge >= 0.3 is 0 Å². The highest BCUT2D eigenvalue weighted by Crippen LogP contribution is 2.32. The molecule has 2 aromatic rings. The summed E-state index contributed by atoms with van der Waals surface area (Å²) in [5, 5.41) is 7.01. The van der Waals surface area contributed by atoms with Crippen molar-refractivity contribution >= 4 is 17.4 Å². The summed E-state index contributed by atoms with van der Waals surface area (Å²) in [7, 11) is 0. The van der Waals surface area contributed by atoms with E-state index in [1.807, 2.05) is 12.1 Å². The van der Waals surface area contributed by atoms with Gasteiger partial charge in [0.2, 0.25) is 0 Å². The molecule has 0 spiro atoms. The number of hydrogen-bond acceptors (Lipinski definition) is 7. The van der Waals surface area contributed by atoms with Gasteiger partial charge in [0, 0.05) is 23.9 Å². The molecule has 0 bridgehead atoms. The van der Waals surface area contributed by atoms with Gasteiger partial charge in [-0.25, -0.2) is 10.8 Å². The summed E-state index contributed by atoms with van der Waals surface area (Å²) in [4.78, 5) is 16.5. The van der Waals surface area contributed by atoms with Crippen LogP contribution in [0.25, 0.3) is 0 Å². The van der Waals surface area contributed by atoms with Gasteiger partial charge in [-0.1, -0.05) is 19.9 Å². The minimum absolute atomic E-state index is 0.0282. The minimum Gasteiger partial charge on any atom is -0.493 e. The predicted octanol–water partition coefficient (Wildman–Crippen LogP) is 4.10. The number of ether oxygens (including phenoxy) is 1. The maximum Gasteiger partial charge on any atom is 0.252 e. The van der Waals surface area contributed by atoms with Gasteiger partial charge in [0.15, 0.2) is 0 Å². The monoisotopic (exact) mass is 478 g/mol. The molecule has 3 rings (SSSR count). The molecule has 0 atom stereocenters. The molecule has 8 nitrogen and oxygen atoms in total. The molecule has 1 aromatic carbocycles. The van der Waals surface area contributed by atoms with E-state index in [1.165, 1.54) is 17.3 Å². The van der Waals surface area contributed by atoms with Crippen molar-refractivity contribution in [3.8, 4) is 5.75 Å². The number of carbonyl (C=O) groups is 1. The number of hydrogen-bond donors (Lipinski definition) is 4. The SMILES string of the molecule is C=CCc1c(OCCCCC(C)(C)CNC(=O)c2ccc(NN)nc2)ccc2c1CCCC2=NN. The molecule has 0 unspecified atom stereocenters. The predicted molar refractivity (Wildman–Crippen MR) is 142 cm³/mol. The molecule has 0 saturated carbocycles. The lowest BCUT2D eigenvalue weighted by molar-refractivity contribution is 0.0933. The van der Waals surface area contributed by atoms with Gasteiger partial charge in [0.25, 0.3) is 5.91 Å². The Morgan fingerprint density at radius 3 is 2.77 bits per heavy atom. The number of rotatable bonds is 12. The Morgan fingerprint density at radius 2 is 2.09 bits per heavy atom. The number of amides is 1. The molecule has 0 aliphatic heterocycles. The summed E-state index contributed by atoms with van der Waals surface area (Å²) in [6.45, 7) is 9.49. The molecule has 6 N–H and O–H groups in total. The molecule has 1 heterocycles. The topological polar surface area (TPSA) is 128 Å². The molecule has 1 amide bonds. The average molecular weight is 479 g/mol. The van der Waals surface area contributed by atoms with E-state index < -0.39 is 0 Å². The van der Waals surface area contributed by atoms with Gasteiger partial charge in [0.05, 0.1) is 17.9 Å². The first-order valence-electron chi connectivity index (χ1n) is 12.2. The summed E-state index contributed by atoms with van der Waals surface area (Å²) in [5.41, 5.74) is 7.55. The Balaban J connectivity index is 1.47. The van der Waals surface area contributed by atoms with Gasteiger partial charge < -0.3 is 21.3 Å². The smallest absolute Gasteiger partial charge is 0.252 e. The highest BCUT2D eigenvalue weighted by Gasteiger charge is 2.22. The molecule has 8 heteroatoms. The Morgan fingerprint density at radius 1 is 1.26 bits per heavy atom. The molecule has 1 aromatic heterocycles. The maximum atomic E-state index is 12.4. The molecule has 188 valence electrons. The maximum absolute atomic E-state index is 12.4. The standard InChI is InChI=1S/C27H38N6O2/c1-4-8-22-20-9-7-10-23(32-28)21(20)12-13-24(22)35-16-6-5-15-27(2,3)18-31-26(34)19-11-14-25(33-29)30-17-19/h4,11-14,17H,1,5-10,15-16,18,28-29H2,2-3H3,(H,30,33)(H,31,34). The van der Waals surface area contributed by atoms with Crippen molar-refractivity contribution in [2.75, 3.05) is 18.6 Å². The van der Waals surface area contributed by atoms with Gasteiger partial charge in [-0.05, 0) is 80.2 Å². The molecule has 0 radical (unpaired) electrons. The third-order valence-corrected chi connectivity index (χ3v) is 6.45. The van der Waals surface area contributed by atoms with Crippen molar-refractivity contribution in [1.29, 1.82) is 0 Å². The zero-order valence-corrected chi connectivity index (χ0v) is 20.9. The highest BCUT2D eigenvalue weighted by atomic mass is 16.5. The van der Waals surface area contributed by atoms with E-state index in [1.54, 1.807) is 12.1 Å². The second kappa shape index (κ2) is 12.4. The van der Waals surface area contributed by atoms with Crippen molar-refractivity contribution in [2.45, 2.75) is 58.8 Å². The van der Waals surface area contributed by atoms with Crippen LogP contribution in [0.1, 0.15) is 73.0 Å². The van der Waals surface area contributed by atoms with Crippen LogP contribution in [0.4, 0.5) is 5.82 Å². The number of fused-ring (bicyclic) bond motifs is 1. The second-order valence-corrected chi connectivity index (χ2v) is 9.72. The number of anilines is 1. The molecule has 0 fully saturated rings. The van der Waals surface area contributed by atoms with Gasteiger partial charge in [-0.3, -0.25) is 4.79 Å². The number of unbranched alkanes of at least 4 members (excludes halogenated alkanes) is 1. The number of pyridine rings is 1. The molecular weight excluding hydrogens is 440 g/mol. The van der Waals surface area contributed by atoms with Crippen molar-refractivity contribution in [3.05, 3.63) is 65.4 Å². The van der Waals surface area contributed by atoms with Crippen LogP contribution < -0.4 is 27.2 Å². The van der Waals surface area contributed by atoms with Gasteiger partial charge in [0.1, 0.15) is 11.6 Å². The van der Waals surface area contributed by atoms with Gasteiger partial charge in [-0.15, -0.1) is 6.58 Å². The largest absolute Gasteiger partial charge is 0.493 e. The quantitative estimate of drug-likeness (QED) is 0.157. The first kappa shape index (κ1) is 26.2. The zero-order chi connectivity index (χ0) is 25.3. The molecule has 0 saturated heterocycles. The zero-order valence-electron chi connectivity index (χ0n) is 20.9. The highest BCUT2D eigenvalue weighted by molar-refractivity contribution is 6.03. The van der Waals surface area contributed by atoms with Crippen LogP contribution in [0.5, 0.6) is 5.75 Å². The minimum atomic E-state index is -0.137. The lowest BCUT2D eigenvalue weighted by Gasteiger charge is -2.25. The van der Waals surface area contributed by atoms with Crippen LogP contribution in [-0.4, -0.2) is 29.8 Å². The third-order valence-electron chi connectivity index (χ3n) is 6.45. The van der Waals surface area contributed by atoms with E-state index in [9.17, 15) is 4.79 Å². The van der Waals surface area contributed by atoms with E-state index >= 15 is 0 Å². The number of hydrazone groups is 1. The fourth-order valence-electron chi connectivity index (χ4n) is 4.44. The molecular formula is C27H38N6O2.